The van der Waals surface area contributed by atoms with E-state index < -0.39 is 15.9 Å². The number of benzene rings is 3. The molecule has 3 aromatic carbocycles. The van der Waals surface area contributed by atoms with E-state index in [1.165, 1.54) is 16.4 Å². The van der Waals surface area contributed by atoms with Gasteiger partial charge in [0.25, 0.3) is 0 Å². The number of carbonyl (C=O) groups excluding carboxylic acids is 1. The first-order valence-electron chi connectivity index (χ1n) is 10.1. The SMILES string of the molecule is CCOc1ccc(NC(=O)CN(Cc2ccc(C)cc2)S(=O)(=O)c2ccc(Br)cc2)cc1. The Balaban J connectivity index is 1.81. The second kappa shape index (κ2) is 10.8. The van der Waals surface area contributed by atoms with E-state index >= 15 is 0 Å². The molecule has 0 spiro atoms. The molecule has 32 heavy (non-hydrogen) atoms. The number of ether oxygens (including phenoxy) is 1. The van der Waals surface area contributed by atoms with Crippen molar-refractivity contribution in [3.05, 3.63) is 88.4 Å². The van der Waals surface area contributed by atoms with E-state index in [4.69, 9.17) is 4.74 Å². The molecule has 8 heteroatoms. The number of nitrogens with zero attached hydrogens (tertiary/aromatic N) is 1. The van der Waals surface area contributed by atoms with Crippen LogP contribution in [0.25, 0.3) is 0 Å². The van der Waals surface area contributed by atoms with Gasteiger partial charge in [-0.05, 0) is 67.9 Å². The number of amides is 1. The number of hydrogen-bond acceptors (Lipinski definition) is 4. The fourth-order valence-corrected chi connectivity index (χ4v) is 4.69. The van der Waals surface area contributed by atoms with Crippen LogP contribution >= 0.6 is 15.9 Å². The summed E-state index contributed by atoms with van der Waals surface area (Å²) in [5.41, 5.74) is 2.43. The van der Waals surface area contributed by atoms with E-state index in [-0.39, 0.29) is 18.0 Å². The number of carbonyl (C=O) groups is 1. The number of anilines is 1. The maximum Gasteiger partial charge on any atom is 0.243 e. The Kier molecular flexibility index (Phi) is 8.06. The predicted octanol–water partition coefficient (Wildman–Crippen LogP) is 4.99. The van der Waals surface area contributed by atoms with Gasteiger partial charge < -0.3 is 10.1 Å². The van der Waals surface area contributed by atoms with Gasteiger partial charge in [-0.2, -0.15) is 4.31 Å². The number of sulfonamides is 1. The summed E-state index contributed by atoms with van der Waals surface area (Å²) in [7, 11) is -3.90. The zero-order chi connectivity index (χ0) is 23.1. The average molecular weight is 517 g/mol. The topological polar surface area (TPSA) is 75.7 Å². The minimum absolute atomic E-state index is 0.0787. The second-order valence-electron chi connectivity index (χ2n) is 7.22. The van der Waals surface area contributed by atoms with Crippen molar-refractivity contribution in [3.63, 3.8) is 0 Å². The molecule has 0 fully saturated rings. The fourth-order valence-electron chi connectivity index (χ4n) is 3.04. The Bertz CT molecular complexity index is 1150. The first-order chi connectivity index (χ1) is 15.3. The summed E-state index contributed by atoms with van der Waals surface area (Å²) in [6.45, 7) is 4.16. The van der Waals surface area contributed by atoms with Gasteiger partial charge in [0.2, 0.25) is 15.9 Å². The predicted molar refractivity (Wildman–Crippen MR) is 129 cm³/mol. The standard InChI is InChI=1S/C24H25BrN2O4S/c1-3-31-22-12-10-21(11-13-22)26-24(28)17-27(16-19-6-4-18(2)5-7-19)32(29,30)23-14-8-20(25)9-15-23/h4-15H,3,16-17H2,1-2H3,(H,26,28). The van der Waals surface area contributed by atoms with Crippen LogP contribution in [0, 0.1) is 6.92 Å². The lowest BCUT2D eigenvalue weighted by Crippen LogP contribution is -2.37. The number of nitrogens with one attached hydrogen (secondary N) is 1. The summed E-state index contributed by atoms with van der Waals surface area (Å²) in [6.07, 6.45) is 0. The van der Waals surface area contributed by atoms with Gasteiger partial charge in [0.05, 0.1) is 18.0 Å². The first-order valence-corrected chi connectivity index (χ1v) is 12.3. The van der Waals surface area contributed by atoms with Crippen LogP contribution in [0.3, 0.4) is 0 Å². The number of hydrogen-bond donors (Lipinski definition) is 1. The summed E-state index contributed by atoms with van der Waals surface area (Å²) < 4.78 is 34.0. The minimum atomic E-state index is -3.90. The maximum atomic E-state index is 13.3. The molecule has 168 valence electrons. The molecule has 6 nitrogen and oxygen atoms in total. The zero-order valence-electron chi connectivity index (χ0n) is 17.9. The van der Waals surface area contributed by atoms with Gasteiger partial charge in [-0.3, -0.25) is 4.79 Å². The van der Waals surface area contributed by atoms with Gasteiger partial charge in [-0.15, -0.1) is 0 Å². The molecule has 3 aromatic rings. The van der Waals surface area contributed by atoms with Gasteiger partial charge in [0, 0.05) is 16.7 Å². The monoisotopic (exact) mass is 516 g/mol. The Morgan fingerprint density at radius 1 is 0.969 bits per heavy atom. The molecule has 0 aliphatic carbocycles. The van der Waals surface area contributed by atoms with Gasteiger partial charge in [0.15, 0.2) is 0 Å². The Hall–Kier alpha value is -2.68. The number of halogens is 1. The molecular weight excluding hydrogens is 492 g/mol. The summed E-state index contributed by atoms with van der Waals surface area (Å²) >= 11 is 3.32. The molecule has 0 radical (unpaired) electrons. The summed E-state index contributed by atoms with van der Waals surface area (Å²) in [6, 6.07) is 20.9. The summed E-state index contributed by atoms with van der Waals surface area (Å²) in [4.78, 5) is 12.9. The zero-order valence-corrected chi connectivity index (χ0v) is 20.3. The molecule has 0 saturated heterocycles. The highest BCUT2D eigenvalue weighted by Gasteiger charge is 2.27. The molecule has 0 aromatic heterocycles. The molecular formula is C24H25BrN2O4S. The fraction of sp³-hybridized carbons (Fsp3) is 0.208. The van der Waals surface area contributed by atoms with E-state index in [2.05, 4.69) is 21.2 Å². The van der Waals surface area contributed by atoms with Crippen molar-refractivity contribution < 1.29 is 17.9 Å². The molecule has 0 heterocycles. The van der Waals surface area contributed by atoms with Crippen molar-refractivity contribution in [1.29, 1.82) is 0 Å². The molecule has 1 N–H and O–H groups in total. The number of aryl methyl sites for hydroxylation is 1. The van der Waals surface area contributed by atoms with Crippen molar-refractivity contribution in [1.82, 2.24) is 4.31 Å². The molecule has 3 rings (SSSR count). The molecule has 0 atom stereocenters. The van der Waals surface area contributed by atoms with Crippen LogP contribution in [-0.2, 0) is 21.4 Å². The van der Waals surface area contributed by atoms with E-state index in [9.17, 15) is 13.2 Å². The molecule has 0 unspecified atom stereocenters. The highest BCUT2D eigenvalue weighted by molar-refractivity contribution is 9.10. The Morgan fingerprint density at radius 3 is 2.19 bits per heavy atom. The van der Waals surface area contributed by atoms with E-state index in [1.54, 1.807) is 36.4 Å². The third kappa shape index (κ3) is 6.41. The molecule has 0 aliphatic heterocycles. The summed E-state index contributed by atoms with van der Waals surface area (Å²) in [5, 5.41) is 2.76. The quantitative estimate of drug-likeness (QED) is 0.434. The van der Waals surface area contributed by atoms with Crippen molar-refractivity contribution in [2.75, 3.05) is 18.5 Å². The maximum absolute atomic E-state index is 13.3. The van der Waals surface area contributed by atoms with E-state index in [0.717, 1.165) is 15.6 Å². The largest absolute Gasteiger partial charge is 0.494 e. The molecule has 0 bridgehead atoms. The third-order valence-electron chi connectivity index (χ3n) is 4.70. The normalized spacial score (nSPS) is 11.4. The van der Waals surface area contributed by atoms with Gasteiger partial charge in [-0.1, -0.05) is 45.8 Å². The van der Waals surface area contributed by atoms with Crippen molar-refractivity contribution in [3.8, 4) is 5.75 Å². The first kappa shape index (κ1) is 24.0. The van der Waals surface area contributed by atoms with Crippen LogP contribution in [0.1, 0.15) is 18.1 Å². The lowest BCUT2D eigenvalue weighted by atomic mass is 10.1. The van der Waals surface area contributed by atoms with Crippen LogP contribution < -0.4 is 10.1 Å². The molecule has 1 amide bonds. The smallest absolute Gasteiger partial charge is 0.243 e. The lowest BCUT2D eigenvalue weighted by molar-refractivity contribution is -0.116. The van der Waals surface area contributed by atoms with Gasteiger partial charge >= 0.3 is 0 Å². The number of rotatable bonds is 9. The van der Waals surface area contributed by atoms with Crippen LogP contribution in [0.15, 0.2) is 82.2 Å². The van der Waals surface area contributed by atoms with Crippen molar-refractivity contribution >= 4 is 37.5 Å². The third-order valence-corrected chi connectivity index (χ3v) is 7.03. The van der Waals surface area contributed by atoms with E-state index in [1.807, 2.05) is 38.1 Å². The highest BCUT2D eigenvalue weighted by Crippen LogP contribution is 2.22. The van der Waals surface area contributed by atoms with Crippen molar-refractivity contribution in [2.45, 2.75) is 25.3 Å². The summed E-state index contributed by atoms with van der Waals surface area (Å²) in [5.74, 6) is 0.270. The lowest BCUT2D eigenvalue weighted by Gasteiger charge is -2.22. The van der Waals surface area contributed by atoms with Crippen molar-refractivity contribution in [2.24, 2.45) is 0 Å². The second-order valence-corrected chi connectivity index (χ2v) is 10.1. The minimum Gasteiger partial charge on any atom is -0.494 e. The Morgan fingerprint density at radius 2 is 1.59 bits per heavy atom. The van der Waals surface area contributed by atoms with Crippen LogP contribution in [0.2, 0.25) is 0 Å². The Labute approximate surface area is 197 Å². The molecule has 0 saturated carbocycles. The average Bonchev–Trinajstić information content (AvgIpc) is 2.76. The van der Waals surface area contributed by atoms with Crippen LogP contribution in [0.5, 0.6) is 5.75 Å². The van der Waals surface area contributed by atoms with Gasteiger partial charge in [0.1, 0.15) is 5.75 Å². The highest BCUT2D eigenvalue weighted by atomic mass is 79.9. The molecule has 0 aliphatic rings. The van der Waals surface area contributed by atoms with Crippen LogP contribution in [0.4, 0.5) is 5.69 Å². The van der Waals surface area contributed by atoms with Crippen LogP contribution in [-0.4, -0.2) is 31.8 Å². The van der Waals surface area contributed by atoms with E-state index in [0.29, 0.717) is 18.0 Å². The van der Waals surface area contributed by atoms with Gasteiger partial charge in [-0.25, -0.2) is 8.42 Å².